The van der Waals surface area contributed by atoms with Crippen molar-refractivity contribution in [1.29, 1.82) is 5.26 Å². The third kappa shape index (κ3) is 2.01. The molecule has 0 amide bonds. The van der Waals surface area contributed by atoms with Crippen LogP contribution in [0.1, 0.15) is 5.56 Å². The number of benzene rings is 1. The van der Waals surface area contributed by atoms with Crippen molar-refractivity contribution >= 4 is 22.9 Å². The summed E-state index contributed by atoms with van der Waals surface area (Å²) < 4.78 is 5.22. The minimum Gasteiger partial charge on any atom is -0.496 e. The van der Waals surface area contributed by atoms with E-state index < -0.39 is 0 Å². The van der Waals surface area contributed by atoms with Crippen LogP contribution in [-0.4, -0.2) is 12.1 Å². The van der Waals surface area contributed by atoms with Crippen LogP contribution in [0.25, 0.3) is 10.6 Å². The van der Waals surface area contributed by atoms with E-state index in [4.69, 9.17) is 21.6 Å². The summed E-state index contributed by atoms with van der Waals surface area (Å²) in [7, 11) is 1.58. The Labute approximate surface area is 102 Å². The average molecular weight is 251 g/mol. The highest BCUT2D eigenvalue weighted by Crippen LogP contribution is 2.33. The highest BCUT2D eigenvalue weighted by molar-refractivity contribution is 7.13. The number of hydrogen-bond acceptors (Lipinski definition) is 4. The lowest BCUT2D eigenvalue weighted by atomic mass is 10.1. The molecule has 2 aromatic rings. The van der Waals surface area contributed by atoms with Crippen LogP contribution < -0.4 is 4.74 Å². The van der Waals surface area contributed by atoms with E-state index in [-0.39, 0.29) is 0 Å². The Balaban J connectivity index is 2.57. The van der Waals surface area contributed by atoms with E-state index in [2.05, 4.69) is 11.1 Å². The van der Waals surface area contributed by atoms with Gasteiger partial charge in [0.1, 0.15) is 15.9 Å². The van der Waals surface area contributed by atoms with Gasteiger partial charge in [0.2, 0.25) is 0 Å². The standard InChI is InChI=1S/C11H7ClN2OS/c1-15-9-3-2-7(5-13)4-8(9)11-14-10(12)6-16-11/h2-4,6H,1H3. The maximum Gasteiger partial charge on any atom is 0.140 e. The Hall–Kier alpha value is -1.57. The van der Waals surface area contributed by atoms with Gasteiger partial charge in [0.15, 0.2) is 0 Å². The maximum atomic E-state index is 8.84. The quantitative estimate of drug-likeness (QED) is 0.821. The number of nitriles is 1. The third-order valence-electron chi connectivity index (χ3n) is 2.04. The number of thiazole rings is 1. The molecule has 0 saturated carbocycles. The van der Waals surface area contributed by atoms with Crippen LogP contribution in [0, 0.1) is 11.3 Å². The van der Waals surface area contributed by atoms with Crippen molar-refractivity contribution in [3.8, 4) is 22.4 Å². The molecule has 1 aromatic carbocycles. The fourth-order valence-electron chi connectivity index (χ4n) is 1.32. The normalized spacial score (nSPS) is 9.81. The van der Waals surface area contributed by atoms with E-state index in [0.717, 1.165) is 10.6 Å². The van der Waals surface area contributed by atoms with E-state index in [1.807, 2.05) is 0 Å². The average Bonchev–Trinajstić information content (AvgIpc) is 2.75. The van der Waals surface area contributed by atoms with E-state index in [1.54, 1.807) is 30.7 Å². The van der Waals surface area contributed by atoms with Gasteiger partial charge in [-0.3, -0.25) is 0 Å². The molecule has 5 heteroatoms. The first-order valence-electron chi connectivity index (χ1n) is 4.44. The van der Waals surface area contributed by atoms with Crippen LogP contribution in [0.2, 0.25) is 5.15 Å². The van der Waals surface area contributed by atoms with Gasteiger partial charge < -0.3 is 4.74 Å². The molecule has 1 aromatic heterocycles. The Kier molecular flexibility index (Phi) is 3.09. The van der Waals surface area contributed by atoms with Gasteiger partial charge >= 0.3 is 0 Å². The van der Waals surface area contributed by atoms with Crippen LogP contribution >= 0.6 is 22.9 Å². The molecule has 3 nitrogen and oxygen atoms in total. The molecule has 0 atom stereocenters. The molecule has 0 saturated heterocycles. The van der Waals surface area contributed by atoms with E-state index in [1.165, 1.54) is 11.3 Å². The van der Waals surface area contributed by atoms with Crippen molar-refractivity contribution in [2.45, 2.75) is 0 Å². The zero-order chi connectivity index (χ0) is 11.5. The molecule has 0 fully saturated rings. The van der Waals surface area contributed by atoms with Crippen molar-refractivity contribution in [2.24, 2.45) is 0 Å². The second-order valence-electron chi connectivity index (χ2n) is 3.00. The first kappa shape index (κ1) is 10.9. The van der Waals surface area contributed by atoms with Crippen molar-refractivity contribution in [1.82, 2.24) is 4.98 Å². The van der Waals surface area contributed by atoms with Crippen LogP contribution in [0.15, 0.2) is 23.6 Å². The smallest absolute Gasteiger partial charge is 0.140 e. The molecule has 0 unspecified atom stereocenters. The summed E-state index contributed by atoms with van der Waals surface area (Å²) in [4.78, 5) is 4.16. The molecule has 0 aliphatic heterocycles. The highest BCUT2D eigenvalue weighted by Gasteiger charge is 2.10. The second kappa shape index (κ2) is 4.52. The minimum atomic E-state index is 0.449. The van der Waals surface area contributed by atoms with Gasteiger partial charge in [-0.2, -0.15) is 5.26 Å². The largest absolute Gasteiger partial charge is 0.496 e. The predicted octanol–water partition coefficient (Wildman–Crippen LogP) is 3.34. The molecular formula is C11H7ClN2OS. The van der Waals surface area contributed by atoms with Crippen molar-refractivity contribution in [3.63, 3.8) is 0 Å². The predicted molar refractivity (Wildman–Crippen MR) is 63.8 cm³/mol. The highest BCUT2D eigenvalue weighted by atomic mass is 35.5. The number of methoxy groups -OCH3 is 1. The minimum absolute atomic E-state index is 0.449. The third-order valence-corrected chi connectivity index (χ3v) is 3.23. The first-order chi connectivity index (χ1) is 7.74. The molecule has 2 rings (SSSR count). The molecule has 0 N–H and O–H groups in total. The summed E-state index contributed by atoms with van der Waals surface area (Å²) in [5, 5.41) is 11.8. The number of hydrogen-bond donors (Lipinski definition) is 0. The van der Waals surface area contributed by atoms with Crippen LogP contribution in [0.4, 0.5) is 0 Å². The van der Waals surface area contributed by atoms with Gasteiger partial charge in [0.25, 0.3) is 0 Å². The zero-order valence-corrected chi connectivity index (χ0v) is 9.97. The van der Waals surface area contributed by atoms with E-state index in [9.17, 15) is 0 Å². The SMILES string of the molecule is COc1ccc(C#N)cc1-c1nc(Cl)cs1. The van der Waals surface area contributed by atoms with Crippen molar-refractivity contribution in [3.05, 3.63) is 34.3 Å². The molecule has 0 bridgehead atoms. The number of halogens is 1. The first-order valence-corrected chi connectivity index (χ1v) is 5.70. The van der Waals surface area contributed by atoms with E-state index in [0.29, 0.717) is 16.5 Å². The van der Waals surface area contributed by atoms with Gasteiger partial charge in [-0.05, 0) is 18.2 Å². The summed E-state index contributed by atoms with van der Waals surface area (Å²) >= 11 is 7.19. The number of ether oxygens (including phenoxy) is 1. The Morgan fingerprint density at radius 3 is 2.88 bits per heavy atom. The molecule has 80 valence electrons. The van der Waals surface area contributed by atoms with Gasteiger partial charge in [-0.15, -0.1) is 11.3 Å². The van der Waals surface area contributed by atoms with Gasteiger partial charge in [0.05, 0.1) is 24.3 Å². The molecule has 0 aliphatic rings. The van der Waals surface area contributed by atoms with Crippen LogP contribution in [-0.2, 0) is 0 Å². The monoisotopic (exact) mass is 250 g/mol. The fourth-order valence-corrected chi connectivity index (χ4v) is 2.29. The topological polar surface area (TPSA) is 45.9 Å². The molecular weight excluding hydrogens is 244 g/mol. The summed E-state index contributed by atoms with van der Waals surface area (Å²) in [6.07, 6.45) is 0. The number of nitrogens with zero attached hydrogens (tertiary/aromatic N) is 2. The number of rotatable bonds is 2. The van der Waals surface area contributed by atoms with Gasteiger partial charge in [-0.25, -0.2) is 4.98 Å². The maximum absolute atomic E-state index is 8.84. The molecule has 0 radical (unpaired) electrons. The molecule has 16 heavy (non-hydrogen) atoms. The zero-order valence-electron chi connectivity index (χ0n) is 8.40. The fraction of sp³-hybridized carbons (Fsp3) is 0.0909. The Bertz CT molecular complexity index is 559. The molecule has 0 aliphatic carbocycles. The summed E-state index contributed by atoms with van der Waals surface area (Å²) in [5.74, 6) is 0.685. The lowest BCUT2D eigenvalue weighted by molar-refractivity contribution is 0.416. The second-order valence-corrected chi connectivity index (χ2v) is 4.25. The van der Waals surface area contributed by atoms with Crippen LogP contribution in [0.5, 0.6) is 5.75 Å². The van der Waals surface area contributed by atoms with Crippen LogP contribution in [0.3, 0.4) is 0 Å². The Morgan fingerprint density at radius 2 is 2.31 bits per heavy atom. The van der Waals surface area contributed by atoms with Crippen molar-refractivity contribution < 1.29 is 4.74 Å². The van der Waals surface area contributed by atoms with Crippen molar-refractivity contribution in [2.75, 3.05) is 7.11 Å². The van der Waals surface area contributed by atoms with Gasteiger partial charge in [0, 0.05) is 5.38 Å². The molecule has 0 spiro atoms. The lowest BCUT2D eigenvalue weighted by Crippen LogP contribution is -1.88. The summed E-state index contributed by atoms with van der Waals surface area (Å²) in [6, 6.07) is 7.29. The van der Waals surface area contributed by atoms with Gasteiger partial charge in [-0.1, -0.05) is 11.6 Å². The Morgan fingerprint density at radius 1 is 1.50 bits per heavy atom. The lowest BCUT2D eigenvalue weighted by Gasteiger charge is -2.05. The van der Waals surface area contributed by atoms with E-state index >= 15 is 0 Å². The molecule has 1 heterocycles. The summed E-state index contributed by atoms with van der Waals surface area (Å²) in [5.41, 5.74) is 1.36. The number of aromatic nitrogens is 1. The summed E-state index contributed by atoms with van der Waals surface area (Å²) in [6.45, 7) is 0.